The lowest BCUT2D eigenvalue weighted by Gasteiger charge is -2.20. The lowest BCUT2D eigenvalue weighted by atomic mass is 10.2. The Hall–Kier alpha value is -2.06. The van der Waals surface area contributed by atoms with Crippen LogP contribution >= 0.6 is 11.3 Å². The van der Waals surface area contributed by atoms with E-state index in [0.29, 0.717) is 23.6 Å². The maximum Gasteiger partial charge on any atom is 0.273 e. The number of rotatable bonds is 6. The van der Waals surface area contributed by atoms with E-state index in [2.05, 4.69) is 0 Å². The van der Waals surface area contributed by atoms with Gasteiger partial charge in [-0.3, -0.25) is 9.10 Å². The maximum atomic E-state index is 13.0. The summed E-state index contributed by atoms with van der Waals surface area (Å²) < 4.78 is 32.8. The number of ether oxygens (including phenoxy) is 1. The first-order chi connectivity index (χ1) is 13.4. The predicted molar refractivity (Wildman–Crippen MR) is 112 cm³/mol. The molecule has 0 radical (unpaired) electrons. The minimum atomic E-state index is -3.73. The van der Waals surface area contributed by atoms with Crippen LogP contribution in [0.2, 0.25) is 0 Å². The van der Waals surface area contributed by atoms with Crippen LogP contribution in [0.1, 0.15) is 43.0 Å². The van der Waals surface area contributed by atoms with E-state index in [1.54, 1.807) is 29.6 Å². The molecule has 0 spiro atoms. The van der Waals surface area contributed by atoms with E-state index in [4.69, 9.17) is 4.74 Å². The molecule has 1 fully saturated rings. The first-order valence-corrected chi connectivity index (χ1v) is 11.8. The van der Waals surface area contributed by atoms with Crippen LogP contribution in [0.5, 0.6) is 5.75 Å². The Bertz CT molecular complexity index is 899. The third-order valence-electron chi connectivity index (χ3n) is 4.84. The molecule has 2 aromatic rings. The molecule has 2 heterocycles. The Kier molecular flexibility index (Phi) is 6.61. The Morgan fingerprint density at radius 1 is 1.14 bits per heavy atom. The number of amides is 1. The number of benzene rings is 1. The van der Waals surface area contributed by atoms with E-state index in [1.807, 2.05) is 11.8 Å². The SMILES string of the molecule is CCOc1ccc(N(C)S(=O)(=O)c2cc(C(=O)N3CCCCCC3)cs2)cc1. The van der Waals surface area contributed by atoms with Gasteiger partial charge in [-0.05, 0) is 50.1 Å². The Morgan fingerprint density at radius 2 is 1.79 bits per heavy atom. The quantitative estimate of drug-likeness (QED) is 0.706. The Labute approximate surface area is 170 Å². The number of nitrogens with zero attached hydrogens (tertiary/aromatic N) is 2. The smallest absolute Gasteiger partial charge is 0.273 e. The summed E-state index contributed by atoms with van der Waals surface area (Å²) in [6, 6.07) is 8.40. The zero-order valence-electron chi connectivity index (χ0n) is 16.3. The summed E-state index contributed by atoms with van der Waals surface area (Å²) in [5.41, 5.74) is 0.989. The number of carbonyl (C=O) groups is 1. The maximum absolute atomic E-state index is 13.0. The van der Waals surface area contributed by atoms with E-state index in [-0.39, 0.29) is 10.1 Å². The number of hydrogen-bond acceptors (Lipinski definition) is 5. The van der Waals surface area contributed by atoms with E-state index in [1.165, 1.54) is 17.4 Å². The van der Waals surface area contributed by atoms with Crippen LogP contribution < -0.4 is 9.04 Å². The van der Waals surface area contributed by atoms with Crippen molar-refractivity contribution in [1.29, 1.82) is 0 Å². The summed E-state index contributed by atoms with van der Waals surface area (Å²) in [5, 5.41) is 1.64. The van der Waals surface area contributed by atoms with Crippen LogP contribution in [-0.2, 0) is 10.0 Å². The molecule has 1 aromatic carbocycles. The van der Waals surface area contributed by atoms with Crippen LogP contribution in [-0.4, -0.2) is 46.0 Å². The minimum Gasteiger partial charge on any atom is -0.494 e. The second kappa shape index (κ2) is 8.96. The molecule has 1 aliphatic rings. The van der Waals surface area contributed by atoms with Crippen LogP contribution in [0, 0.1) is 0 Å². The molecule has 1 aliphatic heterocycles. The van der Waals surface area contributed by atoms with Gasteiger partial charge in [0.05, 0.1) is 17.9 Å². The fourth-order valence-electron chi connectivity index (χ4n) is 3.21. The number of carbonyl (C=O) groups excluding carboxylic acids is 1. The highest BCUT2D eigenvalue weighted by atomic mass is 32.2. The molecule has 0 N–H and O–H groups in total. The topological polar surface area (TPSA) is 66.9 Å². The molecule has 1 saturated heterocycles. The number of thiophene rings is 1. The molecule has 1 amide bonds. The third kappa shape index (κ3) is 4.50. The zero-order valence-corrected chi connectivity index (χ0v) is 17.9. The summed E-state index contributed by atoms with van der Waals surface area (Å²) in [4.78, 5) is 14.6. The largest absolute Gasteiger partial charge is 0.494 e. The molecular formula is C20H26N2O4S2. The average molecular weight is 423 g/mol. The van der Waals surface area contributed by atoms with Crippen LogP contribution in [0.4, 0.5) is 5.69 Å². The monoisotopic (exact) mass is 422 g/mol. The fourth-order valence-corrected chi connectivity index (χ4v) is 5.73. The van der Waals surface area contributed by atoms with Crippen LogP contribution in [0.3, 0.4) is 0 Å². The van der Waals surface area contributed by atoms with Gasteiger partial charge in [-0.2, -0.15) is 0 Å². The standard InChI is InChI=1S/C20H26N2O4S2/c1-3-26-18-10-8-17(9-11-18)21(2)28(24,25)19-14-16(15-27-19)20(23)22-12-6-4-5-7-13-22/h8-11,14-15H,3-7,12-13H2,1-2H3. The summed E-state index contributed by atoms with van der Waals surface area (Å²) in [6.45, 7) is 3.92. The first-order valence-electron chi connectivity index (χ1n) is 9.53. The Morgan fingerprint density at radius 3 is 2.39 bits per heavy atom. The van der Waals surface area contributed by atoms with Crippen molar-refractivity contribution in [2.75, 3.05) is 31.0 Å². The van der Waals surface area contributed by atoms with Crippen molar-refractivity contribution in [3.05, 3.63) is 41.3 Å². The second-order valence-corrected chi connectivity index (χ2v) is 9.87. The van der Waals surface area contributed by atoms with Crippen molar-refractivity contribution < 1.29 is 17.9 Å². The number of sulfonamides is 1. The molecule has 6 nitrogen and oxygen atoms in total. The highest BCUT2D eigenvalue weighted by Gasteiger charge is 2.26. The van der Waals surface area contributed by atoms with Gasteiger partial charge in [0.1, 0.15) is 9.96 Å². The van der Waals surface area contributed by atoms with Crippen molar-refractivity contribution in [1.82, 2.24) is 4.90 Å². The van der Waals surface area contributed by atoms with Gasteiger partial charge in [0.15, 0.2) is 0 Å². The van der Waals surface area contributed by atoms with Crippen molar-refractivity contribution in [2.45, 2.75) is 36.8 Å². The molecular weight excluding hydrogens is 396 g/mol. The highest BCUT2D eigenvalue weighted by molar-refractivity contribution is 7.94. The molecule has 152 valence electrons. The normalized spacial score (nSPS) is 15.1. The second-order valence-electron chi connectivity index (χ2n) is 6.76. The fraction of sp³-hybridized carbons (Fsp3) is 0.450. The van der Waals surface area contributed by atoms with Gasteiger partial charge in [-0.25, -0.2) is 8.42 Å². The first kappa shape index (κ1) is 20.7. The van der Waals surface area contributed by atoms with Crippen molar-refractivity contribution in [2.24, 2.45) is 0 Å². The predicted octanol–water partition coefficient (Wildman–Crippen LogP) is 3.99. The molecule has 28 heavy (non-hydrogen) atoms. The number of anilines is 1. The minimum absolute atomic E-state index is 0.0803. The lowest BCUT2D eigenvalue weighted by molar-refractivity contribution is 0.0762. The summed E-state index contributed by atoms with van der Waals surface area (Å²) >= 11 is 1.09. The lowest BCUT2D eigenvalue weighted by Crippen LogP contribution is -2.31. The van der Waals surface area contributed by atoms with Crippen molar-refractivity contribution >= 4 is 33.0 Å². The molecule has 0 unspecified atom stereocenters. The third-order valence-corrected chi connectivity index (χ3v) is 8.04. The summed E-state index contributed by atoms with van der Waals surface area (Å²) in [6.07, 6.45) is 4.28. The number of likely N-dealkylation sites (tertiary alicyclic amines) is 1. The average Bonchev–Trinajstić information content (AvgIpc) is 3.05. The Balaban J connectivity index is 1.77. The molecule has 0 atom stereocenters. The van der Waals surface area contributed by atoms with Gasteiger partial charge < -0.3 is 9.64 Å². The van der Waals surface area contributed by atoms with Gasteiger partial charge in [-0.15, -0.1) is 11.3 Å². The molecule has 8 heteroatoms. The van der Waals surface area contributed by atoms with Gasteiger partial charge in [0.25, 0.3) is 15.9 Å². The van der Waals surface area contributed by atoms with Crippen LogP contribution in [0.25, 0.3) is 0 Å². The van der Waals surface area contributed by atoms with E-state index in [0.717, 1.165) is 50.1 Å². The highest BCUT2D eigenvalue weighted by Crippen LogP contribution is 2.29. The van der Waals surface area contributed by atoms with Crippen LogP contribution in [0.15, 0.2) is 39.9 Å². The molecule has 0 bridgehead atoms. The molecule has 3 rings (SSSR count). The summed E-state index contributed by atoms with van der Waals surface area (Å²) in [7, 11) is -2.21. The van der Waals surface area contributed by atoms with E-state index < -0.39 is 10.0 Å². The van der Waals surface area contributed by atoms with Gasteiger partial charge in [-0.1, -0.05) is 12.8 Å². The van der Waals surface area contributed by atoms with Gasteiger partial charge >= 0.3 is 0 Å². The zero-order chi connectivity index (χ0) is 20.1. The molecule has 0 aliphatic carbocycles. The summed E-state index contributed by atoms with van der Waals surface area (Å²) in [5.74, 6) is 0.613. The van der Waals surface area contributed by atoms with Crippen molar-refractivity contribution in [3.63, 3.8) is 0 Å². The van der Waals surface area contributed by atoms with E-state index in [9.17, 15) is 13.2 Å². The molecule has 0 saturated carbocycles. The van der Waals surface area contributed by atoms with Gasteiger partial charge in [0, 0.05) is 25.5 Å². The molecule has 1 aromatic heterocycles. The van der Waals surface area contributed by atoms with Gasteiger partial charge in [0.2, 0.25) is 0 Å². The van der Waals surface area contributed by atoms with E-state index >= 15 is 0 Å². The van der Waals surface area contributed by atoms with Crippen molar-refractivity contribution in [3.8, 4) is 5.75 Å². The number of hydrogen-bond donors (Lipinski definition) is 0.